The summed E-state index contributed by atoms with van der Waals surface area (Å²) in [6.45, 7) is 1.68. The van der Waals surface area contributed by atoms with Gasteiger partial charge in [-0.15, -0.1) is 0 Å². The summed E-state index contributed by atoms with van der Waals surface area (Å²) in [6.07, 6.45) is -5.60. The van der Waals surface area contributed by atoms with Gasteiger partial charge >= 0.3 is 12.1 Å². The summed E-state index contributed by atoms with van der Waals surface area (Å²) < 4.78 is 71.4. The zero-order valence-electron chi connectivity index (χ0n) is 18.7. The van der Waals surface area contributed by atoms with Crippen LogP contribution in [0.15, 0.2) is 48.5 Å². The van der Waals surface area contributed by atoms with Crippen molar-refractivity contribution in [3.63, 3.8) is 0 Å². The van der Waals surface area contributed by atoms with E-state index in [1.165, 1.54) is 31.4 Å². The third kappa shape index (κ3) is 6.31. The van der Waals surface area contributed by atoms with E-state index in [1.807, 2.05) is 0 Å². The van der Waals surface area contributed by atoms with Gasteiger partial charge in [0.25, 0.3) is 5.92 Å². The summed E-state index contributed by atoms with van der Waals surface area (Å²) in [5, 5.41) is 2.73. The molecule has 0 spiro atoms. The molecule has 5 nitrogen and oxygen atoms in total. The van der Waals surface area contributed by atoms with Crippen molar-refractivity contribution in [2.24, 2.45) is 0 Å². The average Bonchev–Trinajstić information content (AvgIpc) is 2.79. The number of alkyl halides is 5. The number of hydrogen-bond acceptors (Lipinski definition) is 4. The molecule has 0 bridgehead atoms. The molecule has 0 saturated carbocycles. The van der Waals surface area contributed by atoms with Crippen molar-refractivity contribution in [1.29, 1.82) is 0 Å². The zero-order valence-corrected chi connectivity index (χ0v) is 18.7. The fraction of sp³-hybridized carbons (Fsp3) is 0.417. The Hall–Kier alpha value is -3.01. The first-order valence-corrected chi connectivity index (χ1v) is 10.7. The van der Waals surface area contributed by atoms with E-state index in [2.05, 4.69) is 10.1 Å². The molecule has 2 aromatic carbocycles. The Morgan fingerprint density at radius 3 is 2.29 bits per heavy atom. The minimum Gasteiger partial charge on any atom is -0.465 e. The maximum absolute atomic E-state index is 14.1. The van der Waals surface area contributed by atoms with Crippen molar-refractivity contribution in [2.45, 2.75) is 50.5 Å². The predicted octanol–water partition coefficient (Wildman–Crippen LogP) is 4.97. The van der Waals surface area contributed by atoms with E-state index in [0.29, 0.717) is 16.7 Å². The number of rotatable bonds is 6. The van der Waals surface area contributed by atoms with Gasteiger partial charge in [0.1, 0.15) is 0 Å². The molecule has 1 aliphatic rings. The molecule has 2 atom stereocenters. The Labute approximate surface area is 193 Å². The highest BCUT2D eigenvalue weighted by Gasteiger charge is 2.43. The normalized spacial score (nSPS) is 19.3. The molecule has 1 amide bonds. The summed E-state index contributed by atoms with van der Waals surface area (Å²) in [5.41, 5.74) is 0.683. The SMILES string of the molecule is COC(=O)c1ccc([C@H](C)NC(=O)[C@H]2CC(F)(F)CCN2Cc2ccc(C(F)(F)F)cc2)cc1. The molecule has 0 aromatic heterocycles. The molecular formula is C24H25F5N2O3. The first-order chi connectivity index (χ1) is 15.9. The van der Waals surface area contributed by atoms with E-state index in [1.54, 1.807) is 24.0 Å². The van der Waals surface area contributed by atoms with E-state index in [9.17, 15) is 31.5 Å². The lowest BCUT2D eigenvalue weighted by atomic mass is 9.96. The number of likely N-dealkylation sites (tertiary alicyclic amines) is 1. The number of halogens is 5. The number of ether oxygens (including phenoxy) is 1. The van der Waals surface area contributed by atoms with Crippen LogP contribution in [0.25, 0.3) is 0 Å². The topological polar surface area (TPSA) is 58.6 Å². The van der Waals surface area contributed by atoms with E-state index >= 15 is 0 Å². The van der Waals surface area contributed by atoms with E-state index in [4.69, 9.17) is 0 Å². The van der Waals surface area contributed by atoms with E-state index < -0.39 is 54.5 Å². The number of amides is 1. The zero-order chi connectivity index (χ0) is 25.1. The number of carbonyl (C=O) groups is 2. The second kappa shape index (κ2) is 10.1. The van der Waals surface area contributed by atoms with Gasteiger partial charge in [-0.25, -0.2) is 13.6 Å². The van der Waals surface area contributed by atoms with Crippen LogP contribution in [-0.4, -0.2) is 42.4 Å². The van der Waals surface area contributed by atoms with Crippen LogP contribution in [0.2, 0.25) is 0 Å². The second-order valence-electron chi connectivity index (χ2n) is 8.33. The minimum atomic E-state index is -4.47. The molecule has 1 heterocycles. The van der Waals surface area contributed by atoms with Gasteiger partial charge in [0.15, 0.2) is 0 Å². The summed E-state index contributed by atoms with van der Waals surface area (Å²) in [7, 11) is 1.26. The van der Waals surface area contributed by atoms with Crippen LogP contribution in [0.5, 0.6) is 0 Å². The fourth-order valence-electron chi connectivity index (χ4n) is 3.88. The Bertz CT molecular complexity index is 1010. The number of nitrogens with one attached hydrogen (secondary N) is 1. The molecule has 34 heavy (non-hydrogen) atoms. The van der Waals surface area contributed by atoms with Gasteiger partial charge in [0, 0.05) is 25.9 Å². The van der Waals surface area contributed by atoms with Crippen molar-refractivity contribution < 1.29 is 36.3 Å². The number of carbonyl (C=O) groups excluding carboxylic acids is 2. The number of benzene rings is 2. The van der Waals surface area contributed by atoms with Gasteiger partial charge in [-0.3, -0.25) is 9.69 Å². The molecule has 1 aliphatic heterocycles. The number of nitrogens with zero attached hydrogens (tertiary/aromatic N) is 1. The van der Waals surface area contributed by atoms with Crippen molar-refractivity contribution in [2.75, 3.05) is 13.7 Å². The van der Waals surface area contributed by atoms with E-state index in [0.717, 1.165) is 12.1 Å². The second-order valence-corrected chi connectivity index (χ2v) is 8.33. The van der Waals surface area contributed by atoms with Crippen molar-refractivity contribution in [3.05, 3.63) is 70.8 Å². The highest BCUT2D eigenvalue weighted by Crippen LogP contribution is 2.34. The predicted molar refractivity (Wildman–Crippen MR) is 114 cm³/mol. The molecule has 10 heteroatoms. The molecule has 3 rings (SSSR count). The van der Waals surface area contributed by atoms with Crippen LogP contribution >= 0.6 is 0 Å². The number of hydrogen-bond donors (Lipinski definition) is 1. The summed E-state index contributed by atoms with van der Waals surface area (Å²) in [4.78, 5) is 26.1. The van der Waals surface area contributed by atoms with E-state index in [-0.39, 0.29) is 13.1 Å². The quantitative estimate of drug-likeness (QED) is 0.465. The van der Waals surface area contributed by atoms with Crippen LogP contribution in [0.4, 0.5) is 22.0 Å². The van der Waals surface area contributed by atoms with Gasteiger partial charge in [0.2, 0.25) is 5.91 Å². The Morgan fingerprint density at radius 2 is 1.74 bits per heavy atom. The first kappa shape index (κ1) is 25.6. The maximum Gasteiger partial charge on any atom is 0.416 e. The molecule has 1 saturated heterocycles. The summed E-state index contributed by atoms with van der Waals surface area (Å²) in [6, 6.07) is 9.10. The highest BCUT2D eigenvalue weighted by molar-refractivity contribution is 5.89. The van der Waals surface area contributed by atoms with Crippen LogP contribution in [0.1, 0.15) is 52.9 Å². The third-order valence-electron chi connectivity index (χ3n) is 5.86. The molecule has 1 fully saturated rings. The van der Waals surface area contributed by atoms with Gasteiger partial charge < -0.3 is 10.1 Å². The third-order valence-corrected chi connectivity index (χ3v) is 5.86. The number of piperidine rings is 1. The average molecular weight is 484 g/mol. The molecule has 0 aliphatic carbocycles. The number of methoxy groups -OCH3 is 1. The van der Waals surface area contributed by atoms with Gasteiger partial charge in [-0.2, -0.15) is 13.2 Å². The lowest BCUT2D eigenvalue weighted by Gasteiger charge is -2.39. The van der Waals surface area contributed by atoms with Crippen molar-refractivity contribution >= 4 is 11.9 Å². The van der Waals surface area contributed by atoms with Crippen molar-refractivity contribution in [3.8, 4) is 0 Å². The Balaban J connectivity index is 1.71. The monoisotopic (exact) mass is 484 g/mol. The van der Waals surface area contributed by atoms with Gasteiger partial charge in [-0.05, 0) is 42.3 Å². The van der Waals surface area contributed by atoms with Crippen LogP contribution < -0.4 is 5.32 Å². The molecule has 1 N–H and O–H groups in total. The maximum atomic E-state index is 14.1. The summed E-state index contributed by atoms with van der Waals surface area (Å²) in [5.74, 6) is -4.13. The standard InChI is InChI=1S/C24H25F5N2O3/c1-15(17-5-7-18(8-6-17)22(33)34-2)30-21(32)20-13-23(25,26)11-12-31(20)14-16-3-9-19(10-4-16)24(27,28)29/h3-10,15,20H,11-14H2,1-2H3,(H,30,32)/t15-,20+/m0/s1. The lowest BCUT2D eigenvalue weighted by Crippen LogP contribution is -2.54. The summed E-state index contributed by atoms with van der Waals surface area (Å²) >= 11 is 0. The first-order valence-electron chi connectivity index (χ1n) is 10.7. The van der Waals surface area contributed by atoms with Gasteiger partial charge in [0.05, 0.1) is 30.3 Å². The Kier molecular flexibility index (Phi) is 7.60. The highest BCUT2D eigenvalue weighted by atomic mass is 19.4. The van der Waals surface area contributed by atoms with Crippen LogP contribution in [0.3, 0.4) is 0 Å². The molecule has 0 unspecified atom stereocenters. The fourth-order valence-corrected chi connectivity index (χ4v) is 3.88. The largest absolute Gasteiger partial charge is 0.465 e. The molecule has 0 radical (unpaired) electrons. The van der Waals surface area contributed by atoms with Crippen molar-refractivity contribution in [1.82, 2.24) is 10.2 Å². The molecular weight excluding hydrogens is 459 g/mol. The molecule has 2 aromatic rings. The van der Waals surface area contributed by atoms with Gasteiger partial charge in [-0.1, -0.05) is 24.3 Å². The minimum absolute atomic E-state index is 0.0640. The smallest absolute Gasteiger partial charge is 0.416 e. The lowest BCUT2D eigenvalue weighted by molar-refractivity contribution is -0.138. The number of esters is 1. The Morgan fingerprint density at radius 1 is 1.12 bits per heavy atom. The van der Waals surface area contributed by atoms with Crippen LogP contribution in [0, 0.1) is 0 Å². The van der Waals surface area contributed by atoms with Crippen LogP contribution in [-0.2, 0) is 22.3 Å². The molecule has 184 valence electrons.